The minimum absolute atomic E-state index is 0.224. The van der Waals surface area contributed by atoms with E-state index >= 15 is 0 Å². The first-order valence-electron chi connectivity index (χ1n) is 3.56. The smallest absolute Gasteiger partial charge is 0.252 e. The van der Waals surface area contributed by atoms with Crippen LogP contribution in [-0.2, 0) is 11.3 Å². The van der Waals surface area contributed by atoms with Gasteiger partial charge >= 0.3 is 0 Å². The molecule has 1 aromatic carbocycles. The van der Waals surface area contributed by atoms with E-state index in [4.69, 9.17) is 11.6 Å². The summed E-state index contributed by atoms with van der Waals surface area (Å²) < 4.78 is 0. The van der Waals surface area contributed by atoms with Crippen molar-refractivity contribution in [2.75, 3.05) is 0 Å². The summed E-state index contributed by atoms with van der Waals surface area (Å²) in [6.07, 6.45) is 1.42. The Morgan fingerprint density at radius 2 is 2.31 bits per heavy atom. The van der Waals surface area contributed by atoms with Gasteiger partial charge < -0.3 is 0 Å². The molecule has 0 spiro atoms. The standard InChI is InChI=1S/C9H6ClNO2/c10-9(13)8-3-1-2-7(4-8)5-11-6-12/h1-4H,5H2. The summed E-state index contributed by atoms with van der Waals surface area (Å²) in [6.45, 7) is 0.224. The number of halogens is 1. The maximum atomic E-state index is 10.7. The summed E-state index contributed by atoms with van der Waals surface area (Å²) in [7, 11) is 0. The molecule has 0 radical (unpaired) electrons. The molecule has 0 N–H and O–H groups in total. The van der Waals surface area contributed by atoms with E-state index < -0.39 is 5.24 Å². The van der Waals surface area contributed by atoms with Crippen LogP contribution < -0.4 is 0 Å². The van der Waals surface area contributed by atoms with Crippen molar-refractivity contribution in [3.05, 3.63) is 35.4 Å². The zero-order valence-electron chi connectivity index (χ0n) is 6.66. The summed E-state index contributed by atoms with van der Waals surface area (Å²) >= 11 is 5.26. The van der Waals surface area contributed by atoms with Crippen LogP contribution in [0.5, 0.6) is 0 Å². The number of benzene rings is 1. The summed E-state index contributed by atoms with van der Waals surface area (Å²) in [5.74, 6) is 0. The van der Waals surface area contributed by atoms with Gasteiger partial charge in [-0.1, -0.05) is 18.2 Å². The summed E-state index contributed by atoms with van der Waals surface area (Å²) in [4.78, 5) is 23.9. The molecule has 1 rings (SSSR count). The normalized spacial score (nSPS) is 9.00. The second-order valence-corrected chi connectivity index (χ2v) is 2.72. The molecule has 0 atom stereocenters. The Morgan fingerprint density at radius 3 is 2.92 bits per heavy atom. The van der Waals surface area contributed by atoms with Crippen LogP contribution >= 0.6 is 11.6 Å². The highest BCUT2D eigenvalue weighted by atomic mass is 35.5. The molecule has 0 aliphatic heterocycles. The quantitative estimate of drug-likeness (QED) is 0.420. The molecule has 4 heteroatoms. The number of carbonyl (C=O) groups is 1. The highest BCUT2D eigenvalue weighted by Gasteiger charge is 2.01. The van der Waals surface area contributed by atoms with E-state index in [2.05, 4.69) is 4.99 Å². The fourth-order valence-corrected chi connectivity index (χ4v) is 1.03. The van der Waals surface area contributed by atoms with Crippen molar-refractivity contribution < 1.29 is 9.59 Å². The van der Waals surface area contributed by atoms with Crippen molar-refractivity contribution >= 4 is 22.9 Å². The van der Waals surface area contributed by atoms with Crippen molar-refractivity contribution in [1.29, 1.82) is 0 Å². The van der Waals surface area contributed by atoms with Gasteiger partial charge in [0.25, 0.3) is 5.24 Å². The topological polar surface area (TPSA) is 46.5 Å². The summed E-state index contributed by atoms with van der Waals surface area (Å²) in [5, 5.41) is -0.517. The van der Waals surface area contributed by atoms with Crippen LogP contribution in [0.2, 0.25) is 0 Å². The first kappa shape index (κ1) is 9.65. The monoisotopic (exact) mass is 195 g/mol. The predicted octanol–water partition coefficient (Wildman–Crippen LogP) is 1.90. The summed E-state index contributed by atoms with van der Waals surface area (Å²) in [5.41, 5.74) is 1.16. The molecule has 0 aromatic heterocycles. The van der Waals surface area contributed by atoms with Gasteiger partial charge in [-0.25, -0.2) is 9.79 Å². The molecule has 3 nitrogen and oxygen atoms in total. The van der Waals surface area contributed by atoms with Crippen molar-refractivity contribution in [2.45, 2.75) is 6.54 Å². The van der Waals surface area contributed by atoms with E-state index in [1.54, 1.807) is 24.3 Å². The lowest BCUT2D eigenvalue weighted by Crippen LogP contribution is -1.90. The number of aliphatic imine (C=N–C) groups is 1. The Hall–Kier alpha value is -1.44. The van der Waals surface area contributed by atoms with E-state index in [0.717, 1.165) is 5.56 Å². The molecule has 0 fully saturated rings. The molecular weight excluding hydrogens is 190 g/mol. The summed E-state index contributed by atoms with van der Waals surface area (Å²) in [6, 6.07) is 6.63. The fraction of sp³-hybridized carbons (Fsp3) is 0.111. The van der Waals surface area contributed by atoms with E-state index in [9.17, 15) is 9.59 Å². The highest BCUT2D eigenvalue weighted by molar-refractivity contribution is 6.67. The average molecular weight is 196 g/mol. The van der Waals surface area contributed by atoms with Gasteiger partial charge in [0.2, 0.25) is 6.08 Å². The van der Waals surface area contributed by atoms with Crippen molar-refractivity contribution in [1.82, 2.24) is 0 Å². The third-order valence-corrected chi connectivity index (χ3v) is 1.70. The first-order valence-corrected chi connectivity index (χ1v) is 3.94. The van der Waals surface area contributed by atoms with Crippen LogP contribution in [0.3, 0.4) is 0 Å². The van der Waals surface area contributed by atoms with Gasteiger partial charge in [-0.15, -0.1) is 0 Å². The molecule has 0 amide bonds. The second kappa shape index (κ2) is 4.55. The number of carbonyl (C=O) groups excluding carboxylic acids is 2. The molecule has 0 saturated carbocycles. The van der Waals surface area contributed by atoms with Gasteiger partial charge in [0.05, 0.1) is 6.54 Å². The van der Waals surface area contributed by atoms with Crippen LogP contribution in [0.4, 0.5) is 0 Å². The first-order chi connectivity index (χ1) is 6.24. The molecule has 0 aliphatic carbocycles. The number of nitrogens with zero attached hydrogens (tertiary/aromatic N) is 1. The van der Waals surface area contributed by atoms with Gasteiger partial charge in [0.1, 0.15) is 0 Å². The molecule has 0 bridgehead atoms. The molecular formula is C9H6ClNO2. The van der Waals surface area contributed by atoms with Crippen molar-refractivity contribution in [3.8, 4) is 0 Å². The average Bonchev–Trinajstić information content (AvgIpc) is 2.15. The van der Waals surface area contributed by atoms with Crippen LogP contribution in [-0.4, -0.2) is 11.3 Å². The van der Waals surface area contributed by atoms with Gasteiger partial charge in [0, 0.05) is 5.56 Å². The zero-order chi connectivity index (χ0) is 9.68. The SMILES string of the molecule is O=C=NCc1cccc(C(=O)Cl)c1. The lowest BCUT2D eigenvalue weighted by molar-refractivity contribution is 0.108. The number of hydrogen-bond donors (Lipinski definition) is 0. The van der Waals surface area contributed by atoms with Crippen LogP contribution in [0, 0.1) is 0 Å². The van der Waals surface area contributed by atoms with Gasteiger partial charge in [-0.3, -0.25) is 4.79 Å². The van der Waals surface area contributed by atoms with Gasteiger partial charge in [0.15, 0.2) is 0 Å². The zero-order valence-corrected chi connectivity index (χ0v) is 7.41. The van der Waals surface area contributed by atoms with E-state index in [1.165, 1.54) is 6.08 Å². The van der Waals surface area contributed by atoms with E-state index in [0.29, 0.717) is 5.56 Å². The number of rotatable bonds is 3. The third kappa shape index (κ3) is 2.82. The lowest BCUT2D eigenvalue weighted by Gasteiger charge is -1.96. The molecule has 0 heterocycles. The van der Waals surface area contributed by atoms with E-state index in [1.807, 2.05) is 0 Å². The van der Waals surface area contributed by atoms with Crippen molar-refractivity contribution in [2.24, 2.45) is 4.99 Å². The third-order valence-electron chi connectivity index (χ3n) is 1.48. The number of isocyanates is 1. The molecule has 13 heavy (non-hydrogen) atoms. The molecule has 0 aliphatic rings. The van der Waals surface area contributed by atoms with Gasteiger partial charge in [-0.2, -0.15) is 0 Å². The Labute approximate surface area is 80.0 Å². The number of hydrogen-bond acceptors (Lipinski definition) is 3. The maximum Gasteiger partial charge on any atom is 0.252 e. The minimum Gasteiger partial charge on any atom is -0.276 e. The molecule has 66 valence electrons. The Balaban J connectivity index is 2.91. The van der Waals surface area contributed by atoms with Crippen LogP contribution in [0.1, 0.15) is 15.9 Å². The lowest BCUT2D eigenvalue weighted by atomic mass is 10.1. The van der Waals surface area contributed by atoms with Crippen LogP contribution in [0.15, 0.2) is 29.3 Å². The van der Waals surface area contributed by atoms with Crippen LogP contribution in [0.25, 0.3) is 0 Å². The fourth-order valence-electron chi connectivity index (χ4n) is 0.916. The molecule has 0 saturated heterocycles. The van der Waals surface area contributed by atoms with Crippen molar-refractivity contribution in [3.63, 3.8) is 0 Å². The van der Waals surface area contributed by atoms with Gasteiger partial charge in [-0.05, 0) is 23.2 Å². The molecule has 0 unspecified atom stereocenters. The second-order valence-electron chi connectivity index (χ2n) is 2.38. The Bertz CT molecular complexity index is 370. The Kier molecular flexibility index (Phi) is 3.38. The van der Waals surface area contributed by atoms with E-state index in [-0.39, 0.29) is 6.54 Å². The molecule has 1 aromatic rings. The highest BCUT2D eigenvalue weighted by Crippen LogP contribution is 2.08. The Morgan fingerprint density at radius 1 is 1.54 bits per heavy atom. The maximum absolute atomic E-state index is 10.7. The largest absolute Gasteiger partial charge is 0.276 e. The minimum atomic E-state index is -0.517. The predicted molar refractivity (Wildman–Crippen MR) is 48.5 cm³/mol.